The lowest BCUT2D eigenvalue weighted by molar-refractivity contribution is 0.220. The van der Waals surface area contributed by atoms with E-state index in [1.165, 1.54) is 11.1 Å². The van der Waals surface area contributed by atoms with Crippen molar-refractivity contribution in [2.45, 2.75) is 38.1 Å². The summed E-state index contributed by atoms with van der Waals surface area (Å²) in [5.74, 6) is 0. The van der Waals surface area contributed by atoms with Crippen LogP contribution in [0.1, 0.15) is 31.2 Å². The van der Waals surface area contributed by atoms with Crippen LogP contribution in [0.5, 0.6) is 0 Å². The van der Waals surface area contributed by atoms with Gasteiger partial charge in [0.05, 0.1) is 12.9 Å². The molecule has 0 spiro atoms. The molecule has 1 aliphatic rings. The summed E-state index contributed by atoms with van der Waals surface area (Å²) in [5.41, 5.74) is 8.84. The van der Waals surface area contributed by atoms with Crippen LogP contribution in [0.25, 0.3) is 0 Å². The van der Waals surface area contributed by atoms with Gasteiger partial charge in [-0.25, -0.2) is 0 Å². The molecule has 0 amide bonds. The van der Waals surface area contributed by atoms with Crippen molar-refractivity contribution in [3.05, 3.63) is 47.7 Å². The van der Waals surface area contributed by atoms with Crippen LogP contribution >= 0.6 is 0 Å². The maximum atomic E-state index is 6.16. The first-order valence-corrected chi connectivity index (χ1v) is 6.46. The van der Waals surface area contributed by atoms with Crippen molar-refractivity contribution in [1.29, 1.82) is 0 Å². The van der Waals surface area contributed by atoms with Gasteiger partial charge in [0.2, 0.25) is 0 Å². The Hall–Kier alpha value is -1.28. The first kappa shape index (κ1) is 12.2. The molecule has 2 nitrogen and oxygen atoms in total. The first-order valence-electron chi connectivity index (χ1n) is 6.46. The number of aryl methyl sites for hydroxylation is 1. The Morgan fingerprint density at radius 2 is 2.06 bits per heavy atom. The van der Waals surface area contributed by atoms with Gasteiger partial charge in [0.25, 0.3) is 0 Å². The zero-order valence-corrected chi connectivity index (χ0v) is 10.3. The fourth-order valence-corrected chi connectivity index (χ4v) is 2.21. The Morgan fingerprint density at radius 3 is 2.76 bits per heavy atom. The van der Waals surface area contributed by atoms with Gasteiger partial charge in [-0.15, -0.1) is 0 Å². The summed E-state index contributed by atoms with van der Waals surface area (Å²) in [6.45, 7) is 0.847. The monoisotopic (exact) mass is 231 g/mol. The van der Waals surface area contributed by atoms with Crippen LogP contribution in [0.2, 0.25) is 0 Å². The quantitative estimate of drug-likeness (QED) is 0.845. The molecule has 2 N–H and O–H groups in total. The van der Waals surface area contributed by atoms with Gasteiger partial charge >= 0.3 is 0 Å². The molecule has 0 aliphatic carbocycles. The molecule has 2 rings (SSSR count). The molecule has 1 atom stereocenters. The Balaban J connectivity index is 1.73. The highest BCUT2D eigenvalue weighted by Gasteiger charge is 2.12. The largest absolute Gasteiger partial charge is 0.501 e. The Morgan fingerprint density at radius 1 is 1.24 bits per heavy atom. The van der Waals surface area contributed by atoms with Crippen molar-refractivity contribution in [2.75, 3.05) is 6.61 Å². The zero-order chi connectivity index (χ0) is 11.9. The molecular weight excluding hydrogens is 210 g/mol. The van der Waals surface area contributed by atoms with Crippen molar-refractivity contribution >= 4 is 0 Å². The SMILES string of the molecule is NC(CCCc1ccccc1)C1=COCCC1. The van der Waals surface area contributed by atoms with Crippen LogP contribution in [0, 0.1) is 0 Å². The van der Waals surface area contributed by atoms with E-state index in [4.69, 9.17) is 10.5 Å². The van der Waals surface area contributed by atoms with Gasteiger partial charge < -0.3 is 10.5 Å². The standard InChI is InChI=1S/C15H21NO/c16-15(14-9-5-11-17-12-14)10-4-8-13-6-2-1-3-7-13/h1-3,6-7,12,15H,4-5,8-11,16H2. The molecule has 0 bridgehead atoms. The van der Waals surface area contributed by atoms with Gasteiger partial charge in [-0.05, 0) is 43.2 Å². The maximum Gasteiger partial charge on any atom is 0.0876 e. The fraction of sp³-hybridized carbons (Fsp3) is 0.467. The molecule has 1 unspecified atom stereocenters. The molecule has 1 aromatic carbocycles. The summed E-state index contributed by atoms with van der Waals surface area (Å²) in [6.07, 6.45) is 7.39. The fourth-order valence-electron chi connectivity index (χ4n) is 2.21. The second-order valence-corrected chi connectivity index (χ2v) is 4.65. The topological polar surface area (TPSA) is 35.2 Å². The van der Waals surface area contributed by atoms with E-state index in [9.17, 15) is 0 Å². The second-order valence-electron chi connectivity index (χ2n) is 4.65. The first-order chi connectivity index (χ1) is 8.36. The zero-order valence-electron chi connectivity index (χ0n) is 10.3. The average Bonchev–Trinajstić information content (AvgIpc) is 2.41. The predicted molar refractivity (Wildman–Crippen MR) is 70.6 cm³/mol. The van der Waals surface area contributed by atoms with Crippen LogP contribution in [-0.4, -0.2) is 12.6 Å². The molecule has 0 fully saturated rings. The third kappa shape index (κ3) is 3.90. The summed E-state index contributed by atoms with van der Waals surface area (Å²) in [6, 6.07) is 10.8. The van der Waals surface area contributed by atoms with Gasteiger partial charge in [0.15, 0.2) is 0 Å². The molecule has 0 saturated heterocycles. The smallest absolute Gasteiger partial charge is 0.0876 e. The Kier molecular flexibility index (Phi) is 4.63. The van der Waals surface area contributed by atoms with Crippen molar-refractivity contribution in [3.63, 3.8) is 0 Å². The van der Waals surface area contributed by atoms with E-state index in [0.29, 0.717) is 0 Å². The molecule has 1 heterocycles. The highest BCUT2D eigenvalue weighted by Crippen LogP contribution is 2.18. The summed E-state index contributed by atoms with van der Waals surface area (Å²) >= 11 is 0. The lowest BCUT2D eigenvalue weighted by Crippen LogP contribution is -2.24. The summed E-state index contributed by atoms with van der Waals surface area (Å²) in [7, 11) is 0. The minimum atomic E-state index is 0.180. The molecule has 17 heavy (non-hydrogen) atoms. The van der Waals surface area contributed by atoms with Crippen LogP contribution in [0.15, 0.2) is 42.2 Å². The highest BCUT2D eigenvalue weighted by atomic mass is 16.5. The molecule has 92 valence electrons. The summed E-state index contributed by atoms with van der Waals surface area (Å²) in [5, 5.41) is 0. The normalized spacial score (nSPS) is 17.1. The van der Waals surface area contributed by atoms with E-state index in [1.54, 1.807) is 0 Å². The third-order valence-electron chi connectivity index (χ3n) is 3.26. The number of hydrogen-bond donors (Lipinski definition) is 1. The van der Waals surface area contributed by atoms with Crippen LogP contribution in [0.3, 0.4) is 0 Å². The van der Waals surface area contributed by atoms with E-state index in [-0.39, 0.29) is 6.04 Å². The van der Waals surface area contributed by atoms with Gasteiger partial charge in [-0.1, -0.05) is 30.3 Å². The average molecular weight is 231 g/mol. The maximum absolute atomic E-state index is 6.16. The molecule has 0 aromatic heterocycles. The number of hydrogen-bond acceptors (Lipinski definition) is 2. The molecule has 1 aromatic rings. The van der Waals surface area contributed by atoms with Crippen LogP contribution in [0.4, 0.5) is 0 Å². The van der Waals surface area contributed by atoms with Gasteiger partial charge in [-0.2, -0.15) is 0 Å². The van der Waals surface area contributed by atoms with Crippen molar-refractivity contribution in [1.82, 2.24) is 0 Å². The van der Waals surface area contributed by atoms with Gasteiger partial charge in [0, 0.05) is 6.04 Å². The Labute approximate surface area is 103 Å². The predicted octanol–water partition coefficient (Wildman–Crippen LogP) is 3.03. The molecule has 0 radical (unpaired) electrons. The van der Waals surface area contributed by atoms with Crippen molar-refractivity contribution in [2.24, 2.45) is 5.73 Å². The van der Waals surface area contributed by atoms with Gasteiger partial charge in [-0.3, -0.25) is 0 Å². The lowest BCUT2D eigenvalue weighted by atomic mass is 9.97. The van der Waals surface area contributed by atoms with Crippen LogP contribution < -0.4 is 5.73 Å². The van der Waals surface area contributed by atoms with Crippen molar-refractivity contribution < 1.29 is 4.74 Å². The molecule has 0 saturated carbocycles. The lowest BCUT2D eigenvalue weighted by Gasteiger charge is -2.19. The van der Waals surface area contributed by atoms with E-state index >= 15 is 0 Å². The second kappa shape index (κ2) is 6.45. The summed E-state index contributed by atoms with van der Waals surface area (Å²) < 4.78 is 5.33. The van der Waals surface area contributed by atoms with Crippen molar-refractivity contribution in [3.8, 4) is 0 Å². The highest BCUT2D eigenvalue weighted by molar-refractivity contribution is 5.15. The van der Waals surface area contributed by atoms with E-state index in [0.717, 1.165) is 38.7 Å². The third-order valence-corrected chi connectivity index (χ3v) is 3.26. The minimum Gasteiger partial charge on any atom is -0.501 e. The van der Waals surface area contributed by atoms with Crippen LogP contribution in [-0.2, 0) is 11.2 Å². The van der Waals surface area contributed by atoms with E-state index in [1.807, 2.05) is 6.26 Å². The molecular formula is C15H21NO. The summed E-state index contributed by atoms with van der Waals surface area (Å²) in [4.78, 5) is 0. The molecule has 2 heteroatoms. The van der Waals surface area contributed by atoms with Gasteiger partial charge in [0.1, 0.15) is 0 Å². The van der Waals surface area contributed by atoms with E-state index in [2.05, 4.69) is 30.3 Å². The molecule has 1 aliphatic heterocycles. The number of nitrogens with two attached hydrogens (primary N) is 1. The number of benzene rings is 1. The number of ether oxygens (including phenoxy) is 1. The number of rotatable bonds is 5. The minimum absolute atomic E-state index is 0.180. The Bertz CT molecular complexity index is 358. The van der Waals surface area contributed by atoms with E-state index < -0.39 is 0 Å².